The third-order valence-electron chi connectivity index (χ3n) is 3.07. The van der Waals surface area contributed by atoms with Gasteiger partial charge in [-0.2, -0.15) is 0 Å². The van der Waals surface area contributed by atoms with Crippen molar-refractivity contribution in [3.05, 3.63) is 29.8 Å². The van der Waals surface area contributed by atoms with E-state index in [1.165, 1.54) is 12.7 Å². The van der Waals surface area contributed by atoms with Crippen LogP contribution in [0.1, 0.15) is 26.3 Å². The van der Waals surface area contributed by atoms with Crippen LogP contribution in [0.15, 0.2) is 24.3 Å². The number of ether oxygens (including phenoxy) is 1. The minimum absolute atomic E-state index is 0.173. The topological polar surface area (TPSA) is 29.5 Å². The van der Waals surface area contributed by atoms with Gasteiger partial charge in [-0.15, -0.1) is 0 Å². The molecule has 0 radical (unpaired) electrons. The van der Waals surface area contributed by atoms with Crippen LogP contribution in [-0.4, -0.2) is 26.2 Å². The van der Waals surface area contributed by atoms with E-state index < -0.39 is 5.41 Å². The van der Waals surface area contributed by atoms with E-state index in [1.54, 1.807) is 0 Å². The number of nitrogens with zero attached hydrogens (tertiary/aromatic N) is 1. The molecule has 0 aliphatic rings. The SMILES string of the molecule is CCN(CC(C)(C)C(=O)OC)c1cccc(C)c1. The van der Waals surface area contributed by atoms with Crippen LogP contribution in [-0.2, 0) is 9.53 Å². The van der Waals surface area contributed by atoms with Crippen molar-refractivity contribution in [2.75, 3.05) is 25.1 Å². The molecular weight excluding hydrogens is 226 g/mol. The quantitative estimate of drug-likeness (QED) is 0.751. The summed E-state index contributed by atoms with van der Waals surface area (Å²) in [5.74, 6) is -0.173. The van der Waals surface area contributed by atoms with Crippen LogP contribution >= 0.6 is 0 Å². The molecule has 3 nitrogen and oxygen atoms in total. The lowest BCUT2D eigenvalue weighted by atomic mass is 9.92. The standard InChI is InChI=1S/C15H23NO2/c1-6-16(11-15(3,4)14(17)18-5)13-9-7-8-12(2)10-13/h7-10H,6,11H2,1-5H3. The molecule has 0 saturated heterocycles. The van der Waals surface area contributed by atoms with Gasteiger partial charge in [-0.1, -0.05) is 12.1 Å². The molecule has 0 spiro atoms. The lowest BCUT2D eigenvalue weighted by Gasteiger charge is -2.31. The van der Waals surface area contributed by atoms with Crippen LogP contribution < -0.4 is 4.90 Å². The van der Waals surface area contributed by atoms with Crippen molar-refractivity contribution in [1.82, 2.24) is 0 Å². The molecule has 0 N–H and O–H groups in total. The van der Waals surface area contributed by atoms with Crippen LogP contribution in [0.5, 0.6) is 0 Å². The van der Waals surface area contributed by atoms with Gasteiger partial charge in [0.25, 0.3) is 0 Å². The first-order valence-electron chi connectivity index (χ1n) is 6.30. The maximum Gasteiger partial charge on any atom is 0.313 e. The van der Waals surface area contributed by atoms with Gasteiger partial charge >= 0.3 is 5.97 Å². The van der Waals surface area contributed by atoms with E-state index >= 15 is 0 Å². The van der Waals surface area contributed by atoms with Crippen molar-refractivity contribution in [1.29, 1.82) is 0 Å². The van der Waals surface area contributed by atoms with E-state index in [4.69, 9.17) is 4.74 Å². The molecule has 0 atom stereocenters. The zero-order valence-electron chi connectivity index (χ0n) is 12.0. The van der Waals surface area contributed by atoms with Gasteiger partial charge in [0.2, 0.25) is 0 Å². The molecule has 1 aromatic carbocycles. The third-order valence-corrected chi connectivity index (χ3v) is 3.07. The number of hydrogen-bond acceptors (Lipinski definition) is 3. The number of aryl methyl sites for hydroxylation is 1. The number of esters is 1. The summed E-state index contributed by atoms with van der Waals surface area (Å²) in [4.78, 5) is 13.9. The van der Waals surface area contributed by atoms with Crippen LogP contribution in [0.4, 0.5) is 5.69 Å². The van der Waals surface area contributed by atoms with Gasteiger partial charge in [-0.05, 0) is 45.4 Å². The molecule has 0 aromatic heterocycles. The van der Waals surface area contributed by atoms with E-state index in [0.29, 0.717) is 6.54 Å². The highest BCUT2D eigenvalue weighted by molar-refractivity contribution is 5.76. The summed E-state index contributed by atoms with van der Waals surface area (Å²) in [7, 11) is 1.44. The molecule has 1 rings (SSSR count). The van der Waals surface area contributed by atoms with Crippen LogP contribution in [0, 0.1) is 12.3 Å². The van der Waals surface area contributed by atoms with Crippen molar-refractivity contribution < 1.29 is 9.53 Å². The maximum atomic E-state index is 11.7. The first kappa shape index (κ1) is 14.6. The van der Waals surface area contributed by atoms with Gasteiger partial charge in [-0.3, -0.25) is 4.79 Å². The number of anilines is 1. The average molecular weight is 249 g/mol. The Labute approximate surface area is 110 Å². The van der Waals surface area contributed by atoms with Crippen LogP contribution in [0.3, 0.4) is 0 Å². The van der Waals surface area contributed by atoms with Crippen molar-refractivity contribution in [2.24, 2.45) is 5.41 Å². The Morgan fingerprint density at radius 1 is 1.39 bits per heavy atom. The fourth-order valence-electron chi connectivity index (χ4n) is 2.03. The fraction of sp³-hybridized carbons (Fsp3) is 0.533. The lowest BCUT2D eigenvalue weighted by molar-refractivity contribution is -0.150. The summed E-state index contributed by atoms with van der Waals surface area (Å²) in [6, 6.07) is 8.32. The Bertz CT molecular complexity index is 413. The van der Waals surface area contributed by atoms with E-state index in [9.17, 15) is 4.79 Å². The molecule has 0 aliphatic heterocycles. The second-order valence-electron chi connectivity index (χ2n) is 5.23. The minimum Gasteiger partial charge on any atom is -0.469 e. The summed E-state index contributed by atoms with van der Waals surface area (Å²) in [5.41, 5.74) is 1.87. The fourth-order valence-corrected chi connectivity index (χ4v) is 2.03. The van der Waals surface area contributed by atoms with Gasteiger partial charge in [0.1, 0.15) is 0 Å². The minimum atomic E-state index is -0.505. The summed E-state index contributed by atoms with van der Waals surface area (Å²) in [6.07, 6.45) is 0. The molecular formula is C15H23NO2. The normalized spacial score (nSPS) is 11.2. The third kappa shape index (κ3) is 3.49. The Morgan fingerprint density at radius 3 is 2.56 bits per heavy atom. The first-order valence-corrected chi connectivity index (χ1v) is 6.30. The van der Waals surface area contributed by atoms with Gasteiger partial charge in [0.05, 0.1) is 12.5 Å². The van der Waals surface area contributed by atoms with E-state index in [0.717, 1.165) is 12.2 Å². The summed E-state index contributed by atoms with van der Waals surface area (Å²) < 4.78 is 4.85. The Morgan fingerprint density at radius 2 is 2.06 bits per heavy atom. The number of carbonyl (C=O) groups is 1. The summed E-state index contributed by atoms with van der Waals surface area (Å²) in [5, 5.41) is 0. The number of carbonyl (C=O) groups excluding carboxylic acids is 1. The van der Waals surface area contributed by atoms with E-state index in [1.807, 2.05) is 19.9 Å². The lowest BCUT2D eigenvalue weighted by Crippen LogP contribution is -2.40. The Kier molecular flexibility index (Phi) is 4.76. The van der Waals surface area contributed by atoms with Crippen LogP contribution in [0.2, 0.25) is 0 Å². The van der Waals surface area contributed by atoms with Crippen molar-refractivity contribution in [3.8, 4) is 0 Å². The number of methoxy groups -OCH3 is 1. The molecule has 0 heterocycles. The molecule has 0 bridgehead atoms. The predicted molar refractivity (Wildman–Crippen MR) is 74.9 cm³/mol. The number of hydrogen-bond donors (Lipinski definition) is 0. The first-order chi connectivity index (χ1) is 8.40. The highest BCUT2D eigenvalue weighted by atomic mass is 16.5. The molecule has 0 amide bonds. The monoisotopic (exact) mass is 249 g/mol. The van der Waals surface area contributed by atoms with Crippen LogP contribution in [0.25, 0.3) is 0 Å². The highest BCUT2D eigenvalue weighted by Gasteiger charge is 2.30. The second kappa shape index (κ2) is 5.89. The zero-order chi connectivity index (χ0) is 13.8. The van der Waals surface area contributed by atoms with Crippen molar-refractivity contribution in [3.63, 3.8) is 0 Å². The van der Waals surface area contributed by atoms with Gasteiger partial charge in [-0.25, -0.2) is 0 Å². The molecule has 100 valence electrons. The van der Waals surface area contributed by atoms with Gasteiger partial charge < -0.3 is 9.64 Å². The molecule has 0 unspecified atom stereocenters. The second-order valence-corrected chi connectivity index (χ2v) is 5.23. The highest BCUT2D eigenvalue weighted by Crippen LogP contribution is 2.24. The number of rotatable bonds is 5. The largest absolute Gasteiger partial charge is 0.469 e. The van der Waals surface area contributed by atoms with Gasteiger partial charge in [0, 0.05) is 18.8 Å². The molecule has 0 fully saturated rings. The average Bonchev–Trinajstić information content (AvgIpc) is 2.34. The summed E-state index contributed by atoms with van der Waals surface area (Å²) >= 11 is 0. The predicted octanol–water partition coefficient (Wildman–Crippen LogP) is 3.02. The molecule has 0 aliphatic carbocycles. The van der Waals surface area contributed by atoms with Gasteiger partial charge in [0.15, 0.2) is 0 Å². The van der Waals surface area contributed by atoms with E-state index in [2.05, 4.69) is 36.9 Å². The van der Waals surface area contributed by atoms with E-state index in [-0.39, 0.29) is 5.97 Å². The molecule has 0 saturated carbocycles. The Hall–Kier alpha value is -1.51. The summed E-state index contributed by atoms with van der Waals surface area (Å²) in [6.45, 7) is 9.51. The molecule has 3 heteroatoms. The Balaban J connectivity index is 2.89. The number of benzene rings is 1. The molecule has 1 aromatic rings. The molecule has 18 heavy (non-hydrogen) atoms. The van der Waals surface area contributed by atoms with Crippen molar-refractivity contribution >= 4 is 11.7 Å². The maximum absolute atomic E-state index is 11.7. The smallest absolute Gasteiger partial charge is 0.313 e. The zero-order valence-corrected chi connectivity index (χ0v) is 12.0. The van der Waals surface area contributed by atoms with Crippen molar-refractivity contribution in [2.45, 2.75) is 27.7 Å².